The maximum atomic E-state index is 13.0. The lowest BCUT2D eigenvalue weighted by atomic mass is 10.2. The van der Waals surface area contributed by atoms with E-state index in [1.807, 2.05) is 0 Å². The molecule has 0 aliphatic heterocycles. The number of hydrogen-bond donors (Lipinski definition) is 1. The SMILES string of the molecule is CS(=O)(=O)c1ccc(-n2nc(C(F)F)cc2NC2CCCC2)nc1. The number of alkyl halides is 2. The fraction of sp³-hybridized carbons (Fsp3) is 0.467. The predicted molar refractivity (Wildman–Crippen MR) is 85.3 cm³/mol. The van der Waals surface area contributed by atoms with Gasteiger partial charge in [-0.1, -0.05) is 12.8 Å². The molecule has 3 rings (SSSR count). The number of rotatable bonds is 5. The molecular weight excluding hydrogens is 338 g/mol. The van der Waals surface area contributed by atoms with Crippen molar-refractivity contribution in [2.24, 2.45) is 0 Å². The number of halogens is 2. The molecule has 1 saturated carbocycles. The van der Waals surface area contributed by atoms with Crippen LogP contribution in [0.5, 0.6) is 0 Å². The van der Waals surface area contributed by atoms with Crippen molar-refractivity contribution in [3.05, 3.63) is 30.1 Å². The molecule has 0 bridgehead atoms. The van der Waals surface area contributed by atoms with Gasteiger partial charge in [-0.05, 0) is 25.0 Å². The second-order valence-corrected chi connectivity index (χ2v) is 7.93. The quantitative estimate of drug-likeness (QED) is 0.891. The topological polar surface area (TPSA) is 76.9 Å². The van der Waals surface area contributed by atoms with E-state index < -0.39 is 16.3 Å². The lowest BCUT2D eigenvalue weighted by molar-refractivity contribution is 0.145. The summed E-state index contributed by atoms with van der Waals surface area (Å²) in [4.78, 5) is 4.13. The molecule has 0 saturated heterocycles. The molecule has 2 aromatic heterocycles. The Balaban J connectivity index is 1.95. The minimum atomic E-state index is -3.37. The van der Waals surface area contributed by atoms with Crippen molar-refractivity contribution in [3.8, 4) is 5.82 Å². The van der Waals surface area contributed by atoms with Gasteiger partial charge in [-0.2, -0.15) is 9.78 Å². The molecule has 6 nitrogen and oxygen atoms in total. The van der Waals surface area contributed by atoms with Gasteiger partial charge < -0.3 is 5.32 Å². The molecule has 2 heterocycles. The van der Waals surface area contributed by atoms with E-state index in [4.69, 9.17) is 0 Å². The lowest BCUT2D eigenvalue weighted by Crippen LogP contribution is -2.17. The second kappa shape index (κ2) is 6.46. The highest BCUT2D eigenvalue weighted by Gasteiger charge is 2.21. The molecule has 24 heavy (non-hydrogen) atoms. The second-order valence-electron chi connectivity index (χ2n) is 5.92. The number of nitrogens with one attached hydrogen (secondary N) is 1. The third kappa shape index (κ3) is 3.55. The van der Waals surface area contributed by atoms with E-state index in [1.54, 1.807) is 0 Å². The van der Waals surface area contributed by atoms with E-state index >= 15 is 0 Å². The summed E-state index contributed by atoms with van der Waals surface area (Å²) in [6, 6.07) is 4.38. The lowest BCUT2D eigenvalue weighted by Gasteiger charge is -2.14. The molecule has 1 aliphatic carbocycles. The first kappa shape index (κ1) is 16.8. The summed E-state index contributed by atoms with van der Waals surface area (Å²) < 4.78 is 50.3. The van der Waals surface area contributed by atoms with Crippen LogP contribution in [0.1, 0.15) is 37.8 Å². The van der Waals surface area contributed by atoms with E-state index in [2.05, 4.69) is 15.4 Å². The number of sulfone groups is 1. The van der Waals surface area contributed by atoms with Crippen molar-refractivity contribution < 1.29 is 17.2 Å². The standard InChI is InChI=1S/C15H18F2N4O2S/c1-24(22,23)11-6-7-13(18-9-11)21-14(8-12(20-21)15(16)17)19-10-4-2-3-5-10/h6-10,15,19H,2-5H2,1H3. The molecular formula is C15H18F2N4O2S. The summed E-state index contributed by atoms with van der Waals surface area (Å²) in [6.07, 6.45) is 3.77. The predicted octanol–water partition coefficient (Wildman–Crippen LogP) is 2.96. The number of pyridine rings is 1. The van der Waals surface area contributed by atoms with Crippen molar-refractivity contribution in [3.63, 3.8) is 0 Å². The molecule has 0 radical (unpaired) electrons. The van der Waals surface area contributed by atoms with Gasteiger partial charge in [-0.25, -0.2) is 22.2 Å². The van der Waals surface area contributed by atoms with Crippen LogP contribution in [0.2, 0.25) is 0 Å². The highest BCUT2D eigenvalue weighted by molar-refractivity contribution is 7.90. The highest BCUT2D eigenvalue weighted by Crippen LogP contribution is 2.27. The maximum Gasteiger partial charge on any atom is 0.282 e. The molecule has 9 heteroatoms. The van der Waals surface area contributed by atoms with Crippen LogP contribution in [-0.2, 0) is 9.84 Å². The molecule has 1 fully saturated rings. The first-order valence-corrected chi connectivity index (χ1v) is 9.55. The summed E-state index contributed by atoms with van der Waals surface area (Å²) in [7, 11) is -3.37. The van der Waals surface area contributed by atoms with E-state index in [0.717, 1.165) is 31.9 Å². The zero-order valence-corrected chi connectivity index (χ0v) is 13.9. The number of hydrogen-bond acceptors (Lipinski definition) is 5. The number of anilines is 1. The van der Waals surface area contributed by atoms with Crippen LogP contribution in [0.4, 0.5) is 14.6 Å². The van der Waals surface area contributed by atoms with E-state index in [1.165, 1.54) is 29.1 Å². The number of aromatic nitrogens is 3. The van der Waals surface area contributed by atoms with Crippen molar-refractivity contribution in [1.29, 1.82) is 0 Å². The summed E-state index contributed by atoms with van der Waals surface area (Å²) in [5.41, 5.74) is -0.343. The van der Waals surface area contributed by atoms with Gasteiger partial charge in [0.2, 0.25) is 0 Å². The Bertz CT molecular complexity index is 812. The smallest absolute Gasteiger partial charge is 0.282 e. The molecule has 0 spiro atoms. The largest absolute Gasteiger partial charge is 0.367 e. The van der Waals surface area contributed by atoms with Crippen LogP contribution in [0.3, 0.4) is 0 Å². The van der Waals surface area contributed by atoms with Crippen LogP contribution in [0.25, 0.3) is 5.82 Å². The minimum Gasteiger partial charge on any atom is -0.367 e. The van der Waals surface area contributed by atoms with Gasteiger partial charge in [0.05, 0.1) is 4.90 Å². The van der Waals surface area contributed by atoms with Crippen molar-refractivity contribution in [2.45, 2.75) is 43.0 Å². The van der Waals surface area contributed by atoms with Crippen molar-refractivity contribution >= 4 is 15.7 Å². The summed E-state index contributed by atoms with van der Waals surface area (Å²) in [5.74, 6) is 0.728. The zero-order chi connectivity index (χ0) is 17.3. The van der Waals surface area contributed by atoms with Crippen LogP contribution < -0.4 is 5.32 Å². The van der Waals surface area contributed by atoms with E-state index in [0.29, 0.717) is 5.82 Å². The molecule has 0 atom stereocenters. The Hall–Kier alpha value is -2.03. The molecule has 0 unspecified atom stereocenters. The molecule has 130 valence electrons. The van der Waals surface area contributed by atoms with Gasteiger partial charge in [-0.15, -0.1) is 0 Å². The minimum absolute atomic E-state index is 0.0674. The van der Waals surface area contributed by atoms with Crippen LogP contribution in [0.15, 0.2) is 29.3 Å². The average molecular weight is 356 g/mol. The summed E-state index contributed by atoms with van der Waals surface area (Å²) in [5, 5.41) is 7.14. The molecule has 0 amide bonds. The Kier molecular flexibility index (Phi) is 4.53. The van der Waals surface area contributed by atoms with Crippen molar-refractivity contribution in [1.82, 2.24) is 14.8 Å². The first-order chi connectivity index (χ1) is 11.3. The third-order valence-corrected chi connectivity index (χ3v) is 5.12. The van der Waals surface area contributed by atoms with Gasteiger partial charge in [-0.3, -0.25) is 0 Å². The Labute approximate surface area is 138 Å². The zero-order valence-electron chi connectivity index (χ0n) is 13.1. The maximum absolute atomic E-state index is 13.0. The number of nitrogens with zero attached hydrogens (tertiary/aromatic N) is 3. The van der Waals surface area contributed by atoms with Crippen LogP contribution >= 0.6 is 0 Å². The van der Waals surface area contributed by atoms with Gasteiger partial charge >= 0.3 is 0 Å². The Morgan fingerprint density at radius 3 is 2.54 bits per heavy atom. The van der Waals surface area contributed by atoms with Crippen LogP contribution in [0, 0.1) is 0 Å². The average Bonchev–Trinajstić information content (AvgIpc) is 3.17. The fourth-order valence-electron chi connectivity index (χ4n) is 2.78. The third-order valence-electron chi connectivity index (χ3n) is 4.02. The monoisotopic (exact) mass is 356 g/mol. The summed E-state index contributed by atoms with van der Waals surface area (Å²) in [6.45, 7) is 0. The summed E-state index contributed by atoms with van der Waals surface area (Å²) >= 11 is 0. The molecule has 1 aliphatic rings. The van der Waals surface area contributed by atoms with Crippen LogP contribution in [-0.4, -0.2) is 35.5 Å². The van der Waals surface area contributed by atoms with Crippen molar-refractivity contribution in [2.75, 3.05) is 11.6 Å². The van der Waals surface area contributed by atoms with Gasteiger partial charge in [0.1, 0.15) is 11.5 Å². The van der Waals surface area contributed by atoms with Gasteiger partial charge in [0, 0.05) is 24.6 Å². The Morgan fingerprint density at radius 2 is 2.00 bits per heavy atom. The molecule has 0 aromatic carbocycles. The van der Waals surface area contributed by atoms with Gasteiger partial charge in [0.15, 0.2) is 15.7 Å². The first-order valence-electron chi connectivity index (χ1n) is 7.66. The molecule has 2 aromatic rings. The van der Waals surface area contributed by atoms with E-state index in [9.17, 15) is 17.2 Å². The molecule has 1 N–H and O–H groups in total. The normalized spacial score (nSPS) is 16.0. The Morgan fingerprint density at radius 1 is 1.29 bits per heavy atom. The fourth-order valence-corrected chi connectivity index (χ4v) is 3.34. The van der Waals surface area contributed by atoms with Gasteiger partial charge in [0.25, 0.3) is 6.43 Å². The highest BCUT2D eigenvalue weighted by atomic mass is 32.2. The van der Waals surface area contributed by atoms with E-state index in [-0.39, 0.29) is 22.4 Å².